The highest BCUT2D eigenvalue weighted by atomic mass is 32.2. The number of rotatable bonds is 3. The molecule has 24 heavy (non-hydrogen) atoms. The molecule has 8 heteroatoms. The summed E-state index contributed by atoms with van der Waals surface area (Å²) in [5, 5.41) is 0. The Balaban J connectivity index is 2.14. The molecule has 0 atom stereocenters. The molecule has 0 saturated heterocycles. The Morgan fingerprint density at radius 2 is 1.71 bits per heavy atom. The summed E-state index contributed by atoms with van der Waals surface area (Å²) >= 11 is 0. The second-order valence-electron chi connectivity index (χ2n) is 6.56. The zero-order valence-corrected chi connectivity index (χ0v) is 15.2. The van der Waals surface area contributed by atoms with Gasteiger partial charge in [-0.05, 0) is 36.1 Å². The molecule has 3 N–H and O–H groups in total. The second-order valence-corrected chi connectivity index (χ2v) is 10.2. The van der Waals surface area contributed by atoms with Crippen LogP contribution in [0.15, 0.2) is 34.7 Å². The highest BCUT2D eigenvalue weighted by Crippen LogP contribution is 2.44. The molecule has 1 saturated carbocycles. The van der Waals surface area contributed by atoms with Crippen LogP contribution in [0, 0.1) is 0 Å². The van der Waals surface area contributed by atoms with E-state index in [1.54, 1.807) is 12.1 Å². The summed E-state index contributed by atoms with van der Waals surface area (Å²) in [5.74, 6) is 0. The van der Waals surface area contributed by atoms with Crippen molar-refractivity contribution in [1.29, 1.82) is 0 Å². The van der Waals surface area contributed by atoms with Crippen LogP contribution in [0.2, 0.25) is 0 Å². The highest BCUT2D eigenvalue weighted by molar-refractivity contribution is 7.99. The van der Waals surface area contributed by atoms with Crippen molar-refractivity contribution in [2.45, 2.75) is 42.5 Å². The van der Waals surface area contributed by atoms with Crippen LogP contribution in [0.5, 0.6) is 0 Å². The Morgan fingerprint density at radius 1 is 1.12 bits per heavy atom. The minimum absolute atomic E-state index is 0.162. The molecular weight excluding hydrogens is 348 g/mol. The van der Waals surface area contributed by atoms with Crippen LogP contribution in [0.3, 0.4) is 0 Å². The van der Waals surface area contributed by atoms with Crippen molar-refractivity contribution in [3.63, 3.8) is 0 Å². The molecule has 1 heterocycles. The lowest BCUT2D eigenvalue weighted by molar-refractivity contribution is 0.318. The molecular formula is C16H22N2O4S2. The van der Waals surface area contributed by atoms with Gasteiger partial charge in [0.15, 0.2) is 9.84 Å². The Bertz CT molecular complexity index is 879. The van der Waals surface area contributed by atoms with Gasteiger partial charge >= 0.3 is 0 Å². The number of hydrogen-bond donors (Lipinski definition) is 2. The van der Waals surface area contributed by atoms with Gasteiger partial charge < -0.3 is 5.73 Å². The summed E-state index contributed by atoms with van der Waals surface area (Å²) in [4.78, 5) is 0.379. The van der Waals surface area contributed by atoms with Crippen molar-refractivity contribution >= 4 is 24.8 Å². The minimum Gasteiger partial charge on any atom is -0.327 e. The predicted octanol–water partition coefficient (Wildman–Crippen LogP) is 1.40. The summed E-state index contributed by atoms with van der Waals surface area (Å²) in [6.45, 7) is 0.162. The number of benzene rings is 1. The molecule has 3 rings (SSSR count). The average molecular weight is 370 g/mol. The zero-order chi connectivity index (χ0) is 17.6. The summed E-state index contributed by atoms with van der Waals surface area (Å²) in [7, 11) is -6.98. The number of sulfonamides is 1. The number of nitrogens with two attached hydrogens (primary N) is 1. The van der Waals surface area contributed by atoms with Gasteiger partial charge in [0.2, 0.25) is 10.0 Å². The smallest absolute Gasteiger partial charge is 0.242 e. The summed E-state index contributed by atoms with van der Waals surface area (Å²) < 4.78 is 51.5. The average Bonchev–Trinajstić information content (AvgIpc) is 2.73. The van der Waals surface area contributed by atoms with Crippen LogP contribution < -0.4 is 10.5 Å². The molecule has 0 unspecified atom stereocenters. The lowest BCUT2D eigenvalue weighted by Crippen LogP contribution is -2.47. The van der Waals surface area contributed by atoms with Crippen LogP contribution in [-0.2, 0) is 19.9 Å². The normalized spacial score (nSPS) is 22.9. The van der Waals surface area contributed by atoms with E-state index in [0.29, 0.717) is 11.1 Å². The van der Waals surface area contributed by atoms with Gasteiger partial charge in [0.05, 0.1) is 15.3 Å². The third-order valence-corrected chi connectivity index (χ3v) is 7.71. The molecule has 0 amide bonds. The van der Waals surface area contributed by atoms with Gasteiger partial charge in [-0.1, -0.05) is 31.4 Å². The highest BCUT2D eigenvalue weighted by Gasteiger charge is 2.48. The molecule has 1 spiro atoms. The molecule has 1 aliphatic heterocycles. The van der Waals surface area contributed by atoms with Gasteiger partial charge in [-0.15, -0.1) is 0 Å². The summed E-state index contributed by atoms with van der Waals surface area (Å²) in [6, 6.07) is 5.96. The lowest BCUT2D eigenvalue weighted by Gasteiger charge is -2.35. The van der Waals surface area contributed by atoms with E-state index < -0.39 is 25.4 Å². The van der Waals surface area contributed by atoms with Crippen molar-refractivity contribution in [2.24, 2.45) is 5.73 Å². The molecule has 132 valence electrons. The molecule has 1 aliphatic carbocycles. The van der Waals surface area contributed by atoms with E-state index >= 15 is 0 Å². The summed E-state index contributed by atoms with van der Waals surface area (Å²) in [6.07, 6.45) is 5.66. The van der Waals surface area contributed by atoms with Crippen molar-refractivity contribution in [3.05, 3.63) is 35.4 Å². The first kappa shape index (κ1) is 17.6. The Morgan fingerprint density at radius 3 is 2.21 bits per heavy atom. The Labute approximate surface area is 143 Å². The number of hydrogen-bond acceptors (Lipinski definition) is 5. The largest absolute Gasteiger partial charge is 0.327 e. The fraction of sp³-hybridized carbons (Fsp3) is 0.500. The van der Waals surface area contributed by atoms with E-state index in [1.165, 1.54) is 12.1 Å². The predicted molar refractivity (Wildman–Crippen MR) is 93.4 cm³/mol. The maximum atomic E-state index is 12.7. The fourth-order valence-corrected chi connectivity index (χ4v) is 6.40. The number of nitrogens with one attached hydrogen (secondary N) is 1. The van der Waals surface area contributed by atoms with Crippen LogP contribution >= 0.6 is 0 Å². The van der Waals surface area contributed by atoms with Gasteiger partial charge in [-0.25, -0.2) is 21.6 Å². The van der Waals surface area contributed by atoms with Crippen molar-refractivity contribution in [2.75, 3.05) is 12.8 Å². The fourth-order valence-electron chi connectivity index (χ4n) is 3.78. The first-order valence-electron chi connectivity index (χ1n) is 7.98. The Kier molecular flexibility index (Phi) is 4.36. The van der Waals surface area contributed by atoms with Crippen LogP contribution in [0.1, 0.15) is 37.7 Å². The van der Waals surface area contributed by atoms with Gasteiger partial charge in [0.25, 0.3) is 0 Å². The topological polar surface area (TPSA) is 106 Å². The third kappa shape index (κ3) is 2.92. The third-order valence-electron chi connectivity index (χ3n) is 4.91. The van der Waals surface area contributed by atoms with E-state index in [2.05, 4.69) is 4.72 Å². The van der Waals surface area contributed by atoms with Gasteiger partial charge in [0.1, 0.15) is 0 Å². The monoisotopic (exact) mass is 370 g/mol. The molecule has 1 fully saturated rings. The molecule has 0 aromatic heterocycles. The van der Waals surface area contributed by atoms with E-state index in [-0.39, 0.29) is 16.3 Å². The molecule has 6 nitrogen and oxygen atoms in total. The first-order chi connectivity index (χ1) is 11.2. The van der Waals surface area contributed by atoms with E-state index in [1.807, 2.05) is 0 Å². The van der Waals surface area contributed by atoms with Crippen molar-refractivity contribution in [3.8, 4) is 0 Å². The van der Waals surface area contributed by atoms with Crippen LogP contribution in [0.4, 0.5) is 0 Å². The summed E-state index contributed by atoms with van der Waals surface area (Å²) in [5.41, 5.74) is 6.56. The lowest BCUT2D eigenvalue weighted by atomic mass is 9.76. The van der Waals surface area contributed by atoms with Gasteiger partial charge in [-0.2, -0.15) is 0 Å². The quantitative estimate of drug-likeness (QED) is 0.836. The van der Waals surface area contributed by atoms with E-state index in [9.17, 15) is 16.8 Å². The maximum Gasteiger partial charge on any atom is 0.242 e. The minimum atomic E-state index is -3.66. The zero-order valence-electron chi connectivity index (χ0n) is 13.6. The van der Waals surface area contributed by atoms with Gasteiger partial charge in [-0.3, -0.25) is 0 Å². The van der Waals surface area contributed by atoms with Gasteiger partial charge in [0, 0.05) is 12.8 Å². The molecule has 1 aromatic carbocycles. The maximum absolute atomic E-state index is 12.7. The van der Waals surface area contributed by atoms with Crippen molar-refractivity contribution in [1.82, 2.24) is 4.72 Å². The molecule has 0 bridgehead atoms. The molecule has 1 aromatic rings. The Hall–Kier alpha value is -1.22. The first-order valence-corrected chi connectivity index (χ1v) is 11.4. The second kappa shape index (κ2) is 5.94. The number of sulfone groups is 1. The van der Waals surface area contributed by atoms with Crippen molar-refractivity contribution < 1.29 is 16.8 Å². The van der Waals surface area contributed by atoms with E-state index in [0.717, 1.165) is 38.4 Å². The van der Waals surface area contributed by atoms with Crippen LogP contribution in [0.25, 0.3) is 4.91 Å². The molecule has 0 radical (unpaired) electrons. The molecule has 2 aliphatic rings. The van der Waals surface area contributed by atoms with Crippen LogP contribution in [-0.4, -0.2) is 35.2 Å². The SMILES string of the molecule is CS(=O)(=O)c1ccc(C2=C(CN)C3(CCCCC3)NS2(=O)=O)cc1. The van der Waals surface area contributed by atoms with E-state index in [4.69, 9.17) is 5.73 Å². The standard InChI is InChI=1S/C16H22N2O4S2/c1-23(19,20)13-7-5-12(6-8-13)15-14(11-17)16(18-24(15,21)22)9-3-2-4-10-16/h5-8,18H,2-4,9-11,17H2,1H3.